The van der Waals surface area contributed by atoms with E-state index in [1.54, 1.807) is 6.07 Å². The number of hydroxylamine groups is 1. The number of rotatable bonds is 7. The molecule has 1 saturated heterocycles. The number of hydrogen-bond donors (Lipinski definition) is 2. The molecule has 0 spiro atoms. The minimum absolute atomic E-state index is 0. The van der Waals surface area contributed by atoms with Gasteiger partial charge in [0.1, 0.15) is 0 Å². The van der Waals surface area contributed by atoms with Gasteiger partial charge < -0.3 is 14.5 Å². The van der Waals surface area contributed by atoms with Crippen LogP contribution in [0.4, 0.5) is 5.69 Å². The molecule has 2 N–H and O–H groups in total. The van der Waals surface area contributed by atoms with E-state index in [4.69, 9.17) is 9.94 Å². The lowest BCUT2D eigenvalue weighted by molar-refractivity contribution is -0.131. The first-order chi connectivity index (χ1) is 16.1. The van der Waals surface area contributed by atoms with Crippen molar-refractivity contribution in [2.75, 3.05) is 44.0 Å². The molecule has 2 aliphatic rings. The van der Waals surface area contributed by atoms with Crippen LogP contribution < -0.4 is 10.4 Å². The highest BCUT2D eigenvalue weighted by atomic mass is 35.5. The molecule has 1 fully saturated rings. The Balaban J connectivity index is 0.00000342. The third-order valence-corrected chi connectivity index (χ3v) is 8.85. The number of ether oxygens (including phenoxy) is 1. The van der Waals surface area contributed by atoms with Crippen molar-refractivity contribution in [1.29, 1.82) is 0 Å². The first-order valence-corrected chi connectivity index (χ1v) is 13.0. The quantitative estimate of drug-likeness (QED) is 0.422. The largest absolute Gasteiger partial charge is 0.378 e. The lowest BCUT2D eigenvalue weighted by atomic mass is 10.00. The Kier molecular flexibility index (Phi) is 8.10. The van der Waals surface area contributed by atoms with Crippen molar-refractivity contribution in [3.8, 4) is 11.1 Å². The van der Waals surface area contributed by atoms with Crippen LogP contribution in [0.15, 0.2) is 42.5 Å². The van der Waals surface area contributed by atoms with Crippen molar-refractivity contribution in [2.45, 2.75) is 24.6 Å². The van der Waals surface area contributed by atoms with Crippen LogP contribution in [0.3, 0.4) is 0 Å². The predicted molar refractivity (Wildman–Crippen MR) is 135 cm³/mol. The Morgan fingerprint density at radius 1 is 1.11 bits per heavy atom. The fraction of sp³-hybridized carbons (Fsp3) is 0.417. The summed E-state index contributed by atoms with van der Waals surface area (Å²) in [6.45, 7) is 4.84. The second kappa shape index (κ2) is 10.5. The molecule has 9 nitrogen and oxygen atoms in total. The lowest BCUT2D eigenvalue weighted by Crippen LogP contribution is -2.50. The second-order valence-corrected chi connectivity index (χ2v) is 11.4. The molecule has 0 saturated carbocycles. The average molecular weight is 524 g/mol. The summed E-state index contributed by atoms with van der Waals surface area (Å²) in [5.74, 6) is -1.22. The monoisotopic (exact) mass is 523 g/mol. The van der Waals surface area contributed by atoms with E-state index in [2.05, 4.69) is 29.2 Å². The summed E-state index contributed by atoms with van der Waals surface area (Å²) < 4.78 is 28.0. The van der Waals surface area contributed by atoms with Crippen LogP contribution in [0.2, 0.25) is 0 Å². The number of anilines is 1. The number of benzene rings is 2. The summed E-state index contributed by atoms with van der Waals surface area (Å²) in [5, 5.41) is 9.00. The SMILES string of the molecule is CC(CCN1Cc2cc(-c3ccc(N4CCOCC4)cc3)ccc2C1=O)(C(=O)NO)S(C)(=O)=O.Cl. The van der Waals surface area contributed by atoms with Gasteiger partial charge in [-0.05, 0) is 54.3 Å². The Morgan fingerprint density at radius 2 is 1.74 bits per heavy atom. The van der Waals surface area contributed by atoms with Gasteiger partial charge in [0.25, 0.3) is 11.8 Å². The molecule has 1 atom stereocenters. The molecule has 2 aromatic carbocycles. The van der Waals surface area contributed by atoms with Crippen molar-refractivity contribution < 1.29 is 28.0 Å². The minimum Gasteiger partial charge on any atom is -0.378 e. The molecular formula is C24H30ClN3O6S. The zero-order valence-corrected chi connectivity index (χ0v) is 21.3. The van der Waals surface area contributed by atoms with Gasteiger partial charge in [-0.2, -0.15) is 0 Å². The van der Waals surface area contributed by atoms with E-state index in [1.807, 2.05) is 12.1 Å². The van der Waals surface area contributed by atoms with Crippen molar-refractivity contribution in [3.63, 3.8) is 0 Å². The molecule has 35 heavy (non-hydrogen) atoms. The van der Waals surface area contributed by atoms with E-state index in [1.165, 1.54) is 17.3 Å². The lowest BCUT2D eigenvalue weighted by Gasteiger charge is -2.28. The van der Waals surface area contributed by atoms with Crippen molar-refractivity contribution in [2.24, 2.45) is 0 Å². The Hall–Kier alpha value is -2.66. The van der Waals surface area contributed by atoms with E-state index in [0.29, 0.717) is 12.1 Å². The first-order valence-electron chi connectivity index (χ1n) is 11.1. The smallest absolute Gasteiger partial charge is 0.264 e. The molecule has 190 valence electrons. The number of hydrogen-bond acceptors (Lipinski definition) is 7. The number of nitrogens with zero attached hydrogens (tertiary/aromatic N) is 2. The summed E-state index contributed by atoms with van der Waals surface area (Å²) in [6.07, 6.45) is 0.813. The molecule has 4 rings (SSSR count). The van der Waals surface area contributed by atoms with Crippen molar-refractivity contribution in [3.05, 3.63) is 53.6 Å². The Bertz CT molecular complexity index is 1200. The number of amides is 2. The van der Waals surface area contributed by atoms with Crippen LogP contribution in [0, 0.1) is 0 Å². The molecule has 2 aliphatic heterocycles. The molecule has 0 radical (unpaired) electrons. The molecular weight excluding hydrogens is 494 g/mol. The number of carbonyl (C=O) groups is 2. The summed E-state index contributed by atoms with van der Waals surface area (Å²) in [7, 11) is -3.83. The van der Waals surface area contributed by atoms with Gasteiger partial charge in [-0.15, -0.1) is 12.4 Å². The van der Waals surface area contributed by atoms with Crippen LogP contribution in [-0.4, -0.2) is 74.2 Å². The highest BCUT2D eigenvalue weighted by Gasteiger charge is 2.44. The van der Waals surface area contributed by atoms with Gasteiger partial charge in [0.05, 0.1) is 13.2 Å². The summed E-state index contributed by atoms with van der Waals surface area (Å²) in [4.78, 5) is 28.8. The maximum absolute atomic E-state index is 12.9. The first kappa shape index (κ1) is 26.9. The zero-order valence-electron chi connectivity index (χ0n) is 19.7. The van der Waals surface area contributed by atoms with Crippen molar-refractivity contribution in [1.82, 2.24) is 10.4 Å². The predicted octanol–water partition coefficient (Wildman–Crippen LogP) is 2.27. The maximum atomic E-state index is 12.9. The van der Waals surface area contributed by atoms with Crippen LogP contribution >= 0.6 is 12.4 Å². The maximum Gasteiger partial charge on any atom is 0.264 e. The summed E-state index contributed by atoms with van der Waals surface area (Å²) >= 11 is 0. The van der Waals surface area contributed by atoms with Gasteiger partial charge >= 0.3 is 0 Å². The summed E-state index contributed by atoms with van der Waals surface area (Å²) in [6, 6.07) is 14.0. The van der Waals surface area contributed by atoms with Gasteiger partial charge in [0.15, 0.2) is 14.6 Å². The van der Waals surface area contributed by atoms with E-state index >= 15 is 0 Å². The summed E-state index contributed by atoms with van der Waals surface area (Å²) in [5.41, 5.74) is 6.03. The van der Waals surface area contributed by atoms with Gasteiger partial charge in [-0.1, -0.05) is 18.2 Å². The van der Waals surface area contributed by atoms with Crippen molar-refractivity contribution >= 4 is 39.7 Å². The number of carbonyl (C=O) groups excluding carboxylic acids is 2. The van der Waals surface area contributed by atoms with E-state index in [0.717, 1.165) is 54.9 Å². The molecule has 2 amide bonds. The Morgan fingerprint density at radius 3 is 2.34 bits per heavy atom. The third-order valence-electron chi connectivity index (χ3n) is 6.82. The molecule has 2 heterocycles. The van der Waals surface area contributed by atoms with Crippen LogP contribution in [0.1, 0.15) is 29.3 Å². The molecule has 11 heteroatoms. The van der Waals surface area contributed by atoms with E-state index < -0.39 is 20.5 Å². The fourth-order valence-electron chi connectivity index (χ4n) is 4.36. The van der Waals surface area contributed by atoms with Crippen LogP contribution in [-0.2, 0) is 25.9 Å². The minimum atomic E-state index is -3.83. The zero-order chi connectivity index (χ0) is 24.5. The van der Waals surface area contributed by atoms with E-state index in [-0.39, 0.29) is 31.3 Å². The van der Waals surface area contributed by atoms with Gasteiger partial charge in [-0.25, -0.2) is 13.9 Å². The fourth-order valence-corrected chi connectivity index (χ4v) is 5.21. The Labute approximate surface area is 211 Å². The molecule has 0 bridgehead atoms. The average Bonchev–Trinajstić information content (AvgIpc) is 3.16. The number of fused-ring (bicyclic) bond motifs is 1. The number of sulfone groups is 1. The normalized spacial score (nSPS) is 17.4. The van der Waals surface area contributed by atoms with E-state index in [9.17, 15) is 18.0 Å². The molecule has 0 aromatic heterocycles. The third kappa shape index (κ3) is 5.30. The standard InChI is InChI=1S/C24H29N3O6S.ClH/c1-24(23(29)25-30,34(2,31)32)9-10-27-16-19-15-18(5-8-21(19)22(27)28)17-3-6-20(7-4-17)26-11-13-33-14-12-26;/h3-8,15,30H,9-14,16H2,1-2H3,(H,25,29);1H. The van der Waals surface area contributed by atoms with Gasteiger partial charge in [0, 0.05) is 43.7 Å². The molecule has 1 unspecified atom stereocenters. The highest BCUT2D eigenvalue weighted by Crippen LogP contribution is 2.31. The topological polar surface area (TPSA) is 116 Å². The molecule has 0 aliphatic carbocycles. The van der Waals surface area contributed by atoms with Gasteiger partial charge in [-0.3, -0.25) is 14.8 Å². The van der Waals surface area contributed by atoms with Crippen LogP contribution in [0.5, 0.6) is 0 Å². The molecule has 2 aromatic rings. The number of nitrogens with one attached hydrogen (secondary N) is 1. The highest BCUT2D eigenvalue weighted by molar-refractivity contribution is 7.92. The second-order valence-electron chi connectivity index (χ2n) is 8.94. The van der Waals surface area contributed by atoms with Gasteiger partial charge in [0.2, 0.25) is 0 Å². The van der Waals surface area contributed by atoms with Crippen LogP contribution in [0.25, 0.3) is 11.1 Å². The number of morpholine rings is 1. The number of halogens is 1.